The third-order valence-electron chi connectivity index (χ3n) is 5.44. The average Bonchev–Trinajstić information content (AvgIpc) is 3.05. The first-order valence-electron chi connectivity index (χ1n) is 9.63. The summed E-state index contributed by atoms with van der Waals surface area (Å²) in [7, 11) is 0. The molecule has 2 aromatic heterocycles. The second-order valence-corrected chi connectivity index (χ2v) is 7.12. The monoisotopic (exact) mass is 354 g/mol. The van der Waals surface area contributed by atoms with E-state index >= 15 is 0 Å². The summed E-state index contributed by atoms with van der Waals surface area (Å²) in [5.41, 5.74) is 1.57. The molecule has 0 bridgehead atoms. The van der Waals surface area contributed by atoms with E-state index in [2.05, 4.69) is 40.5 Å². The Bertz CT molecular complexity index is 722. The lowest BCUT2D eigenvalue weighted by Crippen LogP contribution is -2.46. The van der Waals surface area contributed by atoms with Gasteiger partial charge in [-0.1, -0.05) is 19.4 Å². The van der Waals surface area contributed by atoms with E-state index in [4.69, 9.17) is 4.99 Å². The van der Waals surface area contributed by atoms with Crippen LogP contribution in [0.3, 0.4) is 0 Å². The van der Waals surface area contributed by atoms with Crippen molar-refractivity contribution in [3.05, 3.63) is 42.1 Å². The highest BCUT2D eigenvalue weighted by molar-refractivity contribution is 5.79. The van der Waals surface area contributed by atoms with Crippen molar-refractivity contribution in [1.82, 2.24) is 25.2 Å². The second kappa shape index (κ2) is 8.34. The molecule has 0 unspecified atom stereocenters. The summed E-state index contributed by atoms with van der Waals surface area (Å²) in [4.78, 5) is 13.5. The summed E-state index contributed by atoms with van der Waals surface area (Å²) in [5, 5.41) is 6.88. The Morgan fingerprint density at radius 1 is 1.23 bits per heavy atom. The van der Waals surface area contributed by atoms with Crippen LogP contribution in [0.5, 0.6) is 0 Å². The maximum absolute atomic E-state index is 4.72. The molecular weight excluding hydrogens is 324 g/mol. The SMILES string of the molecule is CCNC(=NCc1ccc(-n2ccnc2C)nc1)NCC1(CC)CCC1. The van der Waals surface area contributed by atoms with Gasteiger partial charge in [0.1, 0.15) is 11.6 Å². The fourth-order valence-electron chi connectivity index (χ4n) is 3.39. The molecule has 140 valence electrons. The highest BCUT2D eigenvalue weighted by atomic mass is 15.2. The first kappa shape index (κ1) is 18.4. The van der Waals surface area contributed by atoms with Gasteiger partial charge in [0.25, 0.3) is 0 Å². The van der Waals surface area contributed by atoms with Crippen molar-refractivity contribution in [2.45, 2.75) is 53.0 Å². The summed E-state index contributed by atoms with van der Waals surface area (Å²) in [6, 6.07) is 4.09. The van der Waals surface area contributed by atoms with Crippen LogP contribution < -0.4 is 10.6 Å². The van der Waals surface area contributed by atoms with Gasteiger partial charge in [0.05, 0.1) is 6.54 Å². The number of aryl methyl sites for hydroxylation is 1. The highest BCUT2D eigenvalue weighted by Gasteiger charge is 2.34. The highest BCUT2D eigenvalue weighted by Crippen LogP contribution is 2.42. The molecule has 0 amide bonds. The summed E-state index contributed by atoms with van der Waals surface area (Å²) >= 11 is 0. The largest absolute Gasteiger partial charge is 0.357 e. The lowest BCUT2D eigenvalue weighted by Gasteiger charge is -2.41. The molecule has 6 heteroatoms. The molecule has 2 N–H and O–H groups in total. The van der Waals surface area contributed by atoms with Crippen molar-refractivity contribution in [1.29, 1.82) is 0 Å². The van der Waals surface area contributed by atoms with Gasteiger partial charge in [-0.3, -0.25) is 4.57 Å². The molecule has 1 aliphatic carbocycles. The van der Waals surface area contributed by atoms with Crippen molar-refractivity contribution in [2.75, 3.05) is 13.1 Å². The molecule has 6 nitrogen and oxygen atoms in total. The number of aliphatic imine (C=N–C) groups is 1. The van der Waals surface area contributed by atoms with Crippen molar-refractivity contribution in [3.63, 3.8) is 0 Å². The zero-order chi connectivity index (χ0) is 18.4. The number of imidazole rings is 1. The lowest BCUT2D eigenvalue weighted by molar-refractivity contribution is 0.131. The van der Waals surface area contributed by atoms with Crippen LogP contribution in [0.25, 0.3) is 5.82 Å². The Kier molecular flexibility index (Phi) is 5.91. The zero-order valence-electron chi connectivity index (χ0n) is 16.1. The number of guanidine groups is 1. The van der Waals surface area contributed by atoms with Crippen LogP contribution in [-0.4, -0.2) is 33.6 Å². The summed E-state index contributed by atoms with van der Waals surface area (Å²) in [6.07, 6.45) is 10.8. The van der Waals surface area contributed by atoms with Gasteiger partial charge in [-0.05, 0) is 50.2 Å². The predicted octanol–water partition coefficient (Wildman–Crippen LogP) is 3.21. The summed E-state index contributed by atoms with van der Waals surface area (Å²) in [5.74, 6) is 2.71. The maximum atomic E-state index is 4.72. The van der Waals surface area contributed by atoms with Gasteiger partial charge in [0, 0.05) is 31.7 Å². The van der Waals surface area contributed by atoms with Gasteiger partial charge in [-0.15, -0.1) is 0 Å². The third kappa shape index (κ3) is 4.23. The number of nitrogens with zero attached hydrogens (tertiary/aromatic N) is 4. The second-order valence-electron chi connectivity index (χ2n) is 7.12. The Labute approximate surface area is 156 Å². The van der Waals surface area contributed by atoms with Crippen LogP contribution in [0.15, 0.2) is 35.7 Å². The van der Waals surface area contributed by atoms with E-state index < -0.39 is 0 Å². The number of pyridine rings is 1. The summed E-state index contributed by atoms with van der Waals surface area (Å²) < 4.78 is 1.97. The normalized spacial score (nSPS) is 16.2. The molecule has 0 saturated heterocycles. The molecule has 1 saturated carbocycles. The van der Waals surface area contributed by atoms with Gasteiger partial charge >= 0.3 is 0 Å². The summed E-state index contributed by atoms with van der Waals surface area (Å²) in [6.45, 7) is 8.85. The van der Waals surface area contributed by atoms with E-state index in [9.17, 15) is 0 Å². The molecule has 0 atom stereocenters. The molecule has 1 aliphatic rings. The number of hydrogen-bond acceptors (Lipinski definition) is 3. The molecule has 3 rings (SSSR count). The molecule has 0 radical (unpaired) electrons. The van der Waals surface area contributed by atoms with Crippen molar-refractivity contribution in [3.8, 4) is 5.82 Å². The van der Waals surface area contributed by atoms with Crippen LogP contribution in [0.2, 0.25) is 0 Å². The molecule has 2 heterocycles. The predicted molar refractivity (Wildman–Crippen MR) is 105 cm³/mol. The number of hydrogen-bond donors (Lipinski definition) is 2. The number of nitrogens with one attached hydrogen (secondary N) is 2. The third-order valence-corrected chi connectivity index (χ3v) is 5.44. The van der Waals surface area contributed by atoms with Gasteiger partial charge in [-0.25, -0.2) is 15.0 Å². The van der Waals surface area contributed by atoms with E-state index in [1.165, 1.54) is 25.7 Å². The standard InChI is InChI=1S/C20H30N6/c1-4-20(9-6-10-20)15-25-19(21-5-2)24-14-17-7-8-18(23-13-17)26-12-11-22-16(26)3/h7-8,11-13H,4-6,9-10,14-15H2,1-3H3,(H2,21,24,25). The van der Waals surface area contributed by atoms with E-state index in [1.807, 2.05) is 30.0 Å². The first-order valence-corrected chi connectivity index (χ1v) is 9.63. The number of rotatable bonds is 7. The van der Waals surface area contributed by atoms with Crippen molar-refractivity contribution < 1.29 is 0 Å². The Morgan fingerprint density at radius 3 is 2.62 bits per heavy atom. The minimum absolute atomic E-state index is 0.474. The molecule has 26 heavy (non-hydrogen) atoms. The smallest absolute Gasteiger partial charge is 0.191 e. The fourth-order valence-corrected chi connectivity index (χ4v) is 3.39. The van der Waals surface area contributed by atoms with E-state index in [-0.39, 0.29) is 0 Å². The fraction of sp³-hybridized carbons (Fsp3) is 0.550. The van der Waals surface area contributed by atoms with E-state index in [0.29, 0.717) is 12.0 Å². The van der Waals surface area contributed by atoms with E-state index in [0.717, 1.165) is 36.3 Å². The number of aromatic nitrogens is 3. The van der Waals surface area contributed by atoms with Crippen LogP contribution in [0, 0.1) is 12.3 Å². The molecular formula is C20H30N6. The Balaban J connectivity index is 1.61. The van der Waals surface area contributed by atoms with Crippen molar-refractivity contribution in [2.24, 2.45) is 10.4 Å². The average molecular weight is 355 g/mol. The zero-order valence-corrected chi connectivity index (χ0v) is 16.1. The Hall–Kier alpha value is -2.37. The van der Waals surface area contributed by atoms with Crippen molar-refractivity contribution >= 4 is 5.96 Å². The molecule has 0 aromatic carbocycles. The molecule has 2 aromatic rings. The quantitative estimate of drug-likeness (QED) is 0.592. The van der Waals surface area contributed by atoms with Gasteiger partial charge in [0.2, 0.25) is 0 Å². The van der Waals surface area contributed by atoms with Crippen LogP contribution >= 0.6 is 0 Å². The topological polar surface area (TPSA) is 67.1 Å². The van der Waals surface area contributed by atoms with E-state index in [1.54, 1.807) is 6.20 Å². The van der Waals surface area contributed by atoms with Crippen LogP contribution in [0.1, 0.15) is 50.9 Å². The lowest BCUT2D eigenvalue weighted by atomic mass is 9.67. The van der Waals surface area contributed by atoms with Gasteiger partial charge < -0.3 is 10.6 Å². The minimum Gasteiger partial charge on any atom is -0.357 e. The van der Waals surface area contributed by atoms with Crippen LogP contribution in [0.4, 0.5) is 0 Å². The first-order chi connectivity index (χ1) is 12.7. The maximum Gasteiger partial charge on any atom is 0.191 e. The molecule has 1 fully saturated rings. The molecule has 0 aliphatic heterocycles. The Morgan fingerprint density at radius 2 is 2.08 bits per heavy atom. The van der Waals surface area contributed by atoms with Gasteiger partial charge in [0.15, 0.2) is 5.96 Å². The van der Waals surface area contributed by atoms with Gasteiger partial charge in [-0.2, -0.15) is 0 Å². The minimum atomic E-state index is 0.474. The molecule has 0 spiro atoms. The van der Waals surface area contributed by atoms with Crippen LogP contribution in [-0.2, 0) is 6.54 Å².